The second-order valence-electron chi connectivity index (χ2n) is 5.83. The normalized spacial score (nSPS) is 15.8. The Labute approximate surface area is 138 Å². The minimum absolute atomic E-state index is 0.146. The molecule has 1 aliphatic rings. The Morgan fingerprint density at radius 3 is 2.75 bits per heavy atom. The maximum Gasteiger partial charge on any atom is 0.323 e. The molecule has 24 heavy (non-hydrogen) atoms. The number of benzene rings is 1. The van der Waals surface area contributed by atoms with Crippen LogP contribution in [-0.2, 0) is 6.54 Å². The van der Waals surface area contributed by atoms with E-state index in [2.05, 4.69) is 27.5 Å². The number of furan rings is 1. The van der Waals surface area contributed by atoms with E-state index in [9.17, 15) is 4.79 Å². The fraction of sp³-hybridized carbons (Fsp3) is 0.294. The third-order valence-corrected chi connectivity index (χ3v) is 4.19. The van der Waals surface area contributed by atoms with Gasteiger partial charge in [0.05, 0.1) is 6.54 Å². The van der Waals surface area contributed by atoms with E-state index in [-0.39, 0.29) is 6.03 Å². The zero-order valence-electron chi connectivity index (χ0n) is 13.1. The second kappa shape index (κ2) is 6.37. The summed E-state index contributed by atoms with van der Waals surface area (Å²) in [6, 6.07) is 11.6. The summed E-state index contributed by atoms with van der Waals surface area (Å²) in [6.45, 7) is 3.72. The topological polar surface area (TPSA) is 74.8 Å². The first kappa shape index (κ1) is 14.8. The summed E-state index contributed by atoms with van der Waals surface area (Å²) >= 11 is 0. The van der Waals surface area contributed by atoms with Gasteiger partial charge in [-0.25, -0.2) is 4.79 Å². The molecule has 0 spiro atoms. The highest BCUT2D eigenvalue weighted by molar-refractivity contribution is 5.88. The van der Waals surface area contributed by atoms with Gasteiger partial charge in [0.1, 0.15) is 17.6 Å². The van der Waals surface area contributed by atoms with Gasteiger partial charge in [-0.15, -0.1) is 0 Å². The SMILES string of the molecule is O=C(Nc1ccon1)N1CCN(Cc2cc3ccccc3o2)CC1. The number of aromatic nitrogens is 1. The smallest absolute Gasteiger partial charge is 0.323 e. The van der Waals surface area contributed by atoms with Crippen molar-refractivity contribution < 1.29 is 13.7 Å². The van der Waals surface area contributed by atoms with Crippen LogP contribution in [-0.4, -0.2) is 47.2 Å². The number of amides is 2. The van der Waals surface area contributed by atoms with Crippen molar-refractivity contribution in [2.75, 3.05) is 31.5 Å². The van der Waals surface area contributed by atoms with Crippen LogP contribution in [0.25, 0.3) is 11.0 Å². The number of para-hydroxylation sites is 1. The molecule has 1 fully saturated rings. The number of hydrogen-bond donors (Lipinski definition) is 1. The predicted octanol–water partition coefficient (Wildman–Crippen LogP) is 2.77. The predicted molar refractivity (Wildman–Crippen MR) is 88.6 cm³/mol. The zero-order valence-corrected chi connectivity index (χ0v) is 13.1. The van der Waals surface area contributed by atoms with Gasteiger partial charge in [0.15, 0.2) is 5.82 Å². The fourth-order valence-electron chi connectivity index (χ4n) is 2.91. The molecule has 7 heteroatoms. The molecule has 3 aromatic rings. The number of carbonyl (C=O) groups excluding carboxylic acids is 1. The molecule has 0 bridgehead atoms. The third-order valence-electron chi connectivity index (χ3n) is 4.19. The Morgan fingerprint density at radius 2 is 2.00 bits per heavy atom. The number of fused-ring (bicyclic) bond motifs is 1. The first-order chi connectivity index (χ1) is 11.8. The average Bonchev–Trinajstić information content (AvgIpc) is 3.24. The second-order valence-corrected chi connectivity index (χ2v) is 5.83. The summed E-state index contributed by atoms with van der Waals surface area (Å²) in [7, 11) is 0. The molecule has 1 aliphatic heterocycles. The maximum absolute atomic E-state index is 12.1. The Bertz CT molecular complexity index is 786. The lowest BCUT2D eigenvalue weighted by Gasteiger charge is -2.33. The number of anilines is 1. The lowest BCUT2D eigenvalue weighted by Crippen LogP contribution is -2.49. The molecule has 2 amide bonds. The van der Waals surface area contributed by atoms with Crippen molar-refractivity contribution in [1.82, 2.24) is 15.0 Å². The number of nitrogens with one attached hydrogen (secondary N) is 1. The molecule has 0 saturated carbocycles. The minimum atomic E-state index is -0.146. The zero-order chi connectivity index (χ0) is 16.4. The maximum atomic E-state index is 12.1. The van der Waals surface area contributed by atoms with E-state index in [1.807, 2.05) is 18.2 Å². The lowest BCUT2D eigenvalue weighted by molar-refractivity contribution is 0.137. The fourth-order valence-corrected chi connectivity index (χ4v) is 2.91. The van der Waals surface area contributed by atoms with Gasteiger partial charge in [0, 0.05) is 37.6 Å². The molecule has 1 aromatic carbocycles. The largest absolute Gasteiger partial charge is 0.460 e. The summed E-state index contributed by atoms with van der Waals surface area (Å²) in [5.74, 6) is 1.39. The van der Waals surface area contributed by atoms with Crippen LogP contribution in [0, 0.1) is 0 Å². The van der Waals surface area contributed by atoms with E-state index in [4.69, 9.17) is 8.94 Å². The highest BCUT2D eigenvalue weighted by Crippen LogP contribution is 2.20. The Kier molecular flexibility index (Phi) is 3.92. The molecular formula is C17H18N4O3. The van der Waals surface area contributed by atoms with Crippen molar-refractivity contribution >= 4 is 22.8 Å². The van der Waals surface area contributed by atoms with Gasteiger partial charge in [-0.05, 0) is 12.1 Å². The summed E-state index contributed by atoms with van der Waals surface area (Å²) in [5.41, 5.74) is 0.915. The first-order valence-electron chi connectivity index (χ1n) is 7.94. The van der Waals surface area contributed by atoms with Crippen molar-refractivity contribution in [3.63, 3.8) is 0 Å². The molecular weight excluding hydrogens is 308 g/mol. The van der Waals surface area contributed by atoms with Crippen LogP contribution in [0.15, 0.2) is 51.6 Å². The lowest BCUT2D eigenvalue weighted by atomic mass is 10.2. The molecule has 124 valence electrons. The van der Waals surface area contributed by atoms with Gasteiger partial charge in [0.25, 0.3) is 0 Å². The summed E-state index contributed by atoms with van der Waals surface area (Å²) in [4.78, 5) is 16.2. The van der Waals surface area contributed by atoms with Gasteiger partial charge in [-0.1, -0.05) is 23.4 Å². The Hall–Kier alpha value is -2.80. The van der Waals surface area contributed by atoms with E-state index in [1.165, 1.54) is 6.26 Å². The first-order valence-corrected chi connectivity index (χ1v) is 7.94. The van der Waals surface area contributed by atoms with Crippen molar-refractivity contribution in [1.29, 1.82) is 0 Å². The van der Waals surface area contributed by atoms with Crippen LogP contribution in [0.4, 0.5) is 10.6 Å². The van der Waals surface area contributed by atoms with E-state index in [0.717, 1.165) is 36.4 Å². The molecule has 0 unspecified atom stereocenters. The van der Waals surface area contributed by atoms with Crippen LogP contribution in [0.1, 0.15) is 5.76 Å². The number of hydrogen-bond acceptors (Lipinski definition) is 5. The van der Waals surface area contributed by atoms with Crippen LogP contribution >= 0.6 is 0 Å². The van der Waals surface area contributed by atoms with Crippen molar-refractivity contribution in [3.05, 3.63) is 48.4 Å². The molecule has 0 atom stereocenters. The molecule has 3 heterocycles. The number of nitrogens with zero attached hydrogens (tertiary/aromatic N) is 3. The van der Waals surface area contributed by atoms with Crippen molar-refractivity contribution in [3.8, 4) is 0 Å². The summed E-state index contributed by atoms with van der Waals surface area (Å²) in [5, 5.41) is 7.53. The van der Waals surface area contributed by atoms with Crippen LogP contribution in [0.5, 0.6) is 0 Å². The molecule has 4 rings (SSSR count). The third kappa shape index (κ3) is 3.11. The summed E-state index contributed by atoms with van der Waals surface area (Å²) in [6.07, 6.45) is 1.43. The van der Waals surface area contributed by atoms with E-state index < -0.39 is 0 Å². The Balaban J connectivity index is 1.31. The molecule has 1 N–H and O–H groups in total. The quantitative estimate of drug-likeness (QED) is 0.801. The van der Waals surface area contributed by atoms with Crippen molar-refractivity contribution in [2.24, 2.45) is 0 Å². The molecule has 7 nitrogen and oxygen atoms in total. The van der Waals surface area contributed by atoms with Gasteiger partial charge < -0.3 is 13.8 Å². The van der Waals surface area contributed by atoms with Crippen LogP contribution in [0.2, 0.25) is 0 Å². The van der Waals surface area contributed by atoms with Crippen LogP contribution in [0.3, 0.4) is 0 Å². The highest BCUT2D eigenvalue weighted by Gasteiger charge is 2.22. The molecule has 0 radical (unpaired) electrons. The van der Waals surface area contributed by atoms with Gasteiger partial charge in [-0.3, -0.25) is 10.2 Å². The van der Waals surface area contributed by atoms with Crippen LogP contribution < -0.4 is 5.32 Å². The van der Waals surface area contributed by atoms with E-state index >= 15 is 0 Å². The minimum Gasteiger partial charge on any atom is -0.460 e. The van der Waals surface area contributed by atoms with E-state index in [1.54, 1.807) is 11.0 Å². The van der Waals surface area contributed by atoms with Gasteiger partial charge in [0.2, 0.25) is 0 Å². The standard InChI is InChI=1S/C17H18N4O3/c22-17(18-16-5-10-23-19-16)21-8-6-20(7-9-21)12-14-11-13-3-1-2-4-15(13)24-14/h1-5,10-11H,6-9,12H2,(H,18,19,22). The average molecular weight is 326 g/mol. The Morgan fingerprint density at radius 1 is 1.17 bits per heavy atom. The number of urea groups is 1. The number of piperazine rings is 1. The molecule has 2 aromatic heterocycles. The van der Waals surface area contributed by atoms with Crippen molar-refractivity contribution in [2.45, 2.75) is 6.54 Å². The number of rotatable bonds is 3. The molecule has 0 aliphatic carbocycles. The van der Waals surface area contributed by atoms with Gasteiger partial charge >= 0.3 is 6.03 Å². The molecule has 1 saturated heterocycles. The van der Waals surface area contributed by atoms with E-state index in [0.29, 0.717) is 18.9 Å². The number of carbonyl (C=O) groups is 1. The monoisotopic (exact) mass is 326 g/mol. The van der Waals surface area contributed by atoms with Gasteiger partial charge in [-0.2, -0.15) is 0 Å². The summed E-state index contributed by atoms with van der Waals surface area (Å²) < 4.78 is 10.6. The highest BCUT2D eigenvalue weighted by atomic mass is 16.5.